The Balaban J connectivity index is 1.20. The molecule has 0 aliphatic rings. The number of fused-ring (bicyclic) bond motifs is 6. The van der Waals surface area contributed by atoms with Crippen LogP contribution in [0.4, 0.5) is 0 Å². The van der Waals surface area contributed by atoms with Gasteiger partial charge in [-0.3, -0.25) is 0 Å². The van der Waals surface area contributed by atoms with Crippen LogP contribution < -0.4 is 0 Å². The molecule has 4 nitrogen and oxygen atoms in total. The van der Waals surface area contributed by atoms with E-state index in [0.29, 0.717) is 5.82 Å². The van der Waals surface area contributed by atoms with Crippen LogP contribution in [0.3, 0.4) is 0 Å². The van der Waals surface area contributed by atoms with Crippen molar-refractivity contribution in [3.8, 4) is 45.0 Å². The summed E-state index contributed by atoms with van der Waals surface area (Å²) in [6.07, 6.45) is 0. The molecule has 3 heterocycles. The highest BCUT2D eigenvalue weighted by atomic mass is 16.3. The van der Waals surface area contributed by atoms with Gasteiger partial charge in [0.2, 0.25) is 0 Å². The highest BCUT2D eigenvalue weighted by Crippen LogP contribution is 2.40. The predicted octanol–water partition coefficient (Wildman–Crippen LogP) is 10.9. The summed E-state index contributed by atoms with van der Waals surface area (Å²) in [6, 6.07) is 49.6. The summed E-state index contributed by atoms with van der Waals surface area (Å²) in [6.45, 7) is 0. The Kier molecular flexibility index (Phi) is 5.47. The Bertz CT molecular complexity index is 2430. The van der Waals surface area contributed by atoms with Gasteiger partial charge in [0, 0.05) is 38.2 Å². The Morgan fingerprint density at radius 2 is 0.932 bits per heavy atom. The monoisotopic (exact) mass is 564 g/mol. The van der Waals surface area contributed by atoms with Gasteiger partial charge in [-0.15, -0.1) is 0 Å². The molecule has 0 saturated carbocycles. The summed E-state index contributed by atoms with van der Waals surface area (Å²) in [5, 5.41) is 4.37. The molecule has 0 amide bonds. The standard InChI is InChI=1S/C40H24N2O2/c1-3-10-25(11-4-1)33-24-34(26-12-5-2-6-13-26)42-40(41-33)28-19-21-32-38(23-28)44-36-17-9-15-29(39(32)36)27-18-20-31-30-14-7-8-16-35(30)43-37(31)22-27/h1-24H. The third kappa shape index (κ3) is 4.00. The maximum atomic E-state index is 6.46. The van der Waals surface area contributed by atoms with Gasteiger partial charge in [0.05, 0.1) is 11.4 Å². The van der Waals surface area contributed by atoms with E-state index in [1.807, 2.05) is 66.7 Å². The quantitative estimate of drug-likeness (QED) is 0.213. The molecule has 6 aromatic carbocycles. The minimum Gasteiger partial charge on any atom is -0.456 e. The summed E-state index contributed by atoms with van der Waals surface area (Å²) in [4.78, 5) is 10.0. The summed E-state index contributed by atoms with van der Waals surface area (Å²) in [5.74, 6) is 0.656. The van der Waals surface area contributed by atoms with Gasteiger partial charge in [-0.25, -0.2) is 9.97 Å². The Hall–Kier alpha value is -6.00. The number of hydrogen-bond acceptors (Lipinski definition) is 4. The molecule has 0 unspecified atom stereocenters. The van der Waals surface area contributed by atoms with Crippen molar-refractivity contribution in [2.75, 3.05) is 0 Å². The van der Waals surface area contributed by atoms with E-state index >= 15 is 0 Å². The van der Waals surface area contributed by atoms with Crippen molar-refractivity contribution in [3.63, 3.8) is 0 Å². The number of hydrogen-bond donors (Lipinski definition) is 0. The lowest BCUT2D eigenvalue weighted by Gasteiger charge is -2.09. The molecule has 0 bridgehead atoms. The SMILES string of the molecule is c1ccc(-c2cc(-c3ccccc3)nc(-c3ccc4c(c3)oc3cccc(-c5ccc6c(c5)oc5ccccc56)c34)n2)cc1. The fourth-order valence-electron chi connectivity index (χ4n) is 6.19. The molecule has 0 atom stereocenters. The number of nitrogens with zero attached hydrogens (tertiary/aromatic N) is 2. The van der Waals surface area contributed by atoms with Crippen LogP contribution >= 0.6 is 0 Å². The van der Waals surface area contributed by atoms with Crippen molar-refractivity contribution in [3.05, 3.63) is 146 Å². The molecule has 9 aromatic rings. The lowest BCUT2D eigenvalue weighted by Crippen LogP contribution is -1.95. The molecule has 0 spiro atoms. The summed E-state index contributed by atoms with van der Waals surface area (Å²) in [5.41, 5.74) is 10.3. The van der Waals surface area contributed by atoms with Crippen LogP contribution in [0.15, 0.2) is 154 Å². The van der Waals surface area contributed by atoms with Gasteiger partial charge in [0.15, 0.2) is 5.82 Å². The number of benzene rings is 6. The van der Waals surface area contributed by atoms with Crippen LogP contribution in [0.2, 0.25) is 0 Å². The van der Waals surface area contributed by atoms with E-state index in [-0.39, 0.29) is 0 Å². The van der Waals surface area contributed by atoms with Gasteiger partial charge in [-0.2, -0.15) is 0 Å². The van der Waals surface area contributed by atoms with Crippen molar-refractivity contribution in [2.24, 2.45) is 0 Å². The first-order chi connectivity index (χ1) is 21.8. The predicted molar refractivity (Wildman–Crippen MR) is 178 cm³/mol. The third-order valence-corrected chi connectivity index (χ3v) is 8.31. The van der Waals surface area contributed by atoms with Crippen molar-refractivity contribution in [2.45, 2.75) is 0 Å². The largest absolute Gasteiger partial charge is 0.456 e. The maximum Gasteiger partial charge on any atom is 0.160 e. The molecule has 0 aliphatic heterocycles. The zero-order chi connectivity index (χ0) is 29.0. The average molecular weight is 565 g/mol. The van der Waals surface area contributed by atoms with Crippen LogP contribution in [0, 0.1) is 0 Å². The first kappa shape index (κ1) is 24.6. The van der Waals surface area contributed by atoms with Crippen LogP contribution in [-0.4, -0.2) is 9.97 Å². The molecule has 44 heavy (non-hydrogen) atoms. The van der Waals surface area contributed by atoms with Crippen LogP contribution in [0.25, 0.3) is 88.9 Å². The molecular weight excluding hydrogens is 540 g/mol. The third-order valence-electron chi connectivity index (χ3n) is 8.31. The number of para-hydroxylation sites is 1. The fraction of sp³-hybridized carbons (Fsp3) is 0. The van der Waals surface area contributed by atoms with Gasteiger partial charge < -0.3 is 8.83 Å². The minimum absolute atomic E-state index is 0.656. The Labute approximate surface area is 252 Å². The lowest BCUT2D eigenvalue weighted by molar-refractivity contribution is 0.668. The number of furan rings is 2. The highest BCUT2D eigenvalue weighted by Gasteiger charge is 2.17. The summed E-state index contributed by atoms with van der Waals surface area (Å²) >= 11 is 0. The molecule has 9 rings (SSSR count). The van der Waals surface area contributed by atoms with Crippen molar-refractivity contribution >= 4 is 43.9 Å². The van der Waals surface area contributed by atoms with E-state index in [4.69, 9.17) is 18.8 Å². The second-order valence-electron chi connectivity index (χ2n) is 11.0. The molecule has 0 saturated heterocycles. The smallest absolute Gasteiger partial charge is 0.160 e. The molecule has 206 valence electrons. The van der Waals surface area contributed by atoms with Crippen molar-refractivity contribution in [1.82, 2.24) is 9.97 Å². The molecule has 3 aromatic heterocycles. The van der Waals surface area contributed by atoms with Gasteiger partial charge in [-0.1, -0.05) is 103 Å². The van der Waals surface area contributed by atoms with E-state index in [0.717, 1.165) is 83.1 Å². The average Bonchev–Trinajstić information content (AvgIpc) is 3.66. The Morgan fingerprint density at radius 3 is 1.70 bits per heavy atom. The van der Waals surface area contributed by atoms with Crippen molar-refractivity contribution in [1.29, 1.82) is 0 Å². The second-order valence-corrected chi connectivity index (χ2v) is 11.0. The molecular formula is C40H24N2O2. The molecule has 0 N–H and O–H groups in total. The molecule has 0 radical (unpaired) electrons. The van der Waals surface area contributed by atoms with Crippen LogP contribution in [0.1, 0.15) is 0 Å². The Morgan fingerprint density at radius 1 is 0.364 bits per heavy atom. The second kappa shape index (κ2) is 9.79. The molecule has 0 aliphatic carbocycles. The fourth-order valence-corrected chi connectivity index (χ4v) is 6.19. The van der Waals surface area contributed by atoms with Crippen molar-refractivity contribution < 1.29 is 8.83 Å². The number of rotatable bonds is 4. The highest BCUT2D eigenvalue weighted by molar-refractivity contribution is 6.14. The van der Waals surface area contributed by atoms with Gasteiger partial charge in [-0.05, 0) is 53.6 Å². The van der Waals surface area contributed by atoms with Gasteiger partial charge >= 0.3 is 0 Å². The zero-order valence-electron chi connectivity index (χ0n) is 23.6. The number of aromatic nitrogens is 2. The summed E-state index contributed by atoms with van der Waals surface area (Å²) in [7, 11) is 0. The normalized spacial score (nSPS) is 11.6. The van der Waals surface area contributed by atoms with E-state index in [1.165, 1.54) is 0 Å². The minimum atomic E-state index is 0.656. The first-order valence-corrected chi connectivity index (χ1v) is 14.7. The summed E-state index contributed by atoms with van der Waals surface area (Å²) < 4.78 is 12.7. The van der Waals surface area contributed by atoms with Gasteiger partial charge in [0.1, 0.15) is 22.3 Å². The van der Waals surface area contributed by atoms with E-state index in [9.17, 15) is 0 Å². The van der Waals surface area contributed by atoms with Crippen LogP contribution in [0.5, 0.6) is 0 Å². The van der Waals surface area contributed by atoms with Crippen LogP contribution in [-0.2, 0) is 0 Å². The lowest BCUT2D eigenvalue weighted by atomic mass is 9.98. The maximum absolute atomic E-state index is 6.46. The molecule has 4 heteroatoms. The van der Waals surface area contributed by atoms with E-state index < -0.39 is 0 Å². The zero-order valence-corrected chi connectivity index (χ0v) is 23.6. The first-order valence-electron chi connectivity index (χ1n) is 14.7. The molecule has 0 fully saturated rings. The van der Waals surface area contributed by atoms with E-state index in [1.54, 1.807) is 0 Å². The van der Waals surface area contributed by atoms with E-state index in [2.05, 4.69) is 78.9 Å². The topological polar surface area (TPSA) is 52.1 Å². The van der Waals surface area contributed by atoms with Gasteiger partial charge in [0.25, 0.3) is 0 Å².